The van der Waals surface area contributed by atoms with E-state index < -0.39 is 16.0 Å². The van der Waals surface area contributed by atoms with Crippen molar-refractivity contribution in [2.45, 2.75) is 31.0 Å². The second-order valence-electron chi connectivity index (χ2n) is 5.01. The third-order valence-electron chi connectivity index (χ3n) is 2.95. The minimum Gasteiger partial charge on any atom is -0.322 e. The molecule has 1 aromatic heterocycles. The number of alkyl halides is 2. The van der Waals surface area contributed by atoms with Gasteiger partial charge < -0.3 is 5.32 Å². The topological polar surface area (TPSA) is 59.1 Å². The molecule has 1 heterocycles. The lowest BCUT2D eigenvalue weighted by Crippen LogP contribution is -2.31. The van der Waals surface area contributed by atoms with E-state index in [1.807, 2.05) is 13.8 Å². The average Bonchev–Trinajstić information content (AvgIpc) is 2.23. The minimum atomic E-state index is -1.25. The first-order valence-corrected chi connectivity index (χ1v) is 7.38. The Morgan fingerprint density at radius 1 is 1.24 bits per heavy atom. The fourth-order valence-corrected chi connectivity index (χ4v) is 3.27. The summed E-state index contributed by atoms with van der Waals surface area (Å²) in [7, 11) is 0. The molecule has 0 saturated heterocycles. The predicted molar refractivity (Wildman–Crippen MR) is 83.9 cm³/mol. The number of anilines is 1. The number of pyridine rings is 1. The number of allylic oxidation sites excluding steroid dienone is 1. The number of nitrogens with zero attached hydrogens (tertiary/aromatic N) is 1. The number of amides is 1. The summed E-state index contributed by atoms with van der Waals surface area (Å²) in [6.07, 6.45) is -0.0654. The first kappa shape index (κ1) is 16.3. The number of nitrogens with one attached hydrogen (secondary N) is 1. The van der Waals surface area contributed by atoms with E-state index in [4.69, 9.17) is 34.8 Å². The first-order valence-electron chi connectivity index (χ1n) is 6.24. The molecule has 0 fully saturated rings. The van der Waals surface area contributed by atoms with Gasteiger partial charge in [-0.05, 0) is 26.0 Å². The Morgan fingerprint density at radius 2 is 1.81 bits per heavy atom. The molecule has 0 atom stereocenters. The van der Waals surface area contributed by atoms with Crippen molar-refractivity contribution < 1.29 is 9.59 Å². The van der Waals surface area contributed by atoms with Crippen LogP contribution in [0.15, 0.2) is 22.7 Å². The van der Waals surface area contributed by atoms with Crippen molar-refractivity contribution in [3.05, 3.63) is 34.1 Å². The molecule has 1 amide bonds. The molecule has 0 bridgehead atoms. The van der Waals surface area contributed by atoms with E-state index in [-0.39, 0.29) is 23.4 Å². The number of rotatable bonds is 2. The highest BCUT2D eigenvalue weighted by atomic mass is 35.5. The molecule has 1 aromatic rings. The van der Waals surface area contributed by atoms with Crippen molar-refractivity contribution in [2.75, 3.05) is 5.32 Å². The molecule has 0 aliphatic heterocycles. The van der Waals surface area contributed by atoms with Crippen LogP contribution in [-0.2, 0) is 9.59 Å². The van der Waals surface area contributed by atoms with Crippen LogP contribution in [0.4, 0.5) is 5.69 Å². The predicted octanol–water partition coefficient (Wildman–Crippen LogP) is 3.67. The molecule has 1 N–H and O–H groups in total. The number of hydrogen-bond donors (Lipinski definition) is 1. The second kappa shape index (κ2) is 5.95. The summed E-state index contributed by atoms with van der Waals surface area (Å²) in [5, 5.41) is 2.73. The summed E-state index contributed by atoms with van der Waals surface area (Å²) in [6.45, 7) is 3.63. The van der Waals surface area contributed by atoms with Crippen LogP contribution in [0.1, 0.15) is 24.2 Å². The van der Waals surface area contributed by atoms with Gasteiger partial charge in [-0.25, -0.2) is 0 Å². The third kappa shape index (κ3) is 3.96. The fraction of sp³-hybridized carbons (Fsp3) is 0.357. The number of hydrogen-bond acceptors (Lipinski definition) is 3. The summed E-state index contributed by atoms with van der Waals surface area (Å²) >= 11 is 17.8. The quantitative estimate of drug-likeness (QED) is 0.656. The van der Waals surface area contributed by atoms with Gasteiger partial charge in [-0.15, -0.1) is 23.2 Å². The van der Waals surface area contributed by atoms with Crippen LogP contribution in [0.5, 0.6) is 0 Å². The molecular weight excluding hydrogens is 335 g/mol. The normalized spacial score (nSPS) is 17.9. The molecular formula is C14H13Cl3N2O2. The highest BCUT2D eigenvalue weighted by Gasteiger charge is 2.38. The van der Waals surface area contributed by atoms with Crippen molar-refractivity contribution in [2.24, 2.45) is 0 Å². The van der Waals surface area contributed by atoms with E-state index in [2.05, 4.69) is 10.3 Å². The number of aryl methyl sites for hydroxylation is 2. The van der Waals surface area contributed by atoms with E-state index in [0.29, 0.717) is 5.69 Å². The summed E-state index contributed by atoms with van der Waals surface area (Å²) in [5.74, 6) is -1.02. The fourth-order valence-electron chi connectivity index (χ4n) is 2.20. The third-order valence-corrected chi connectivity index (χ3v) is 3.81. The summed E-state index contributed by atoms with van der Waals surface area (Å²) in [4.78, 5) is 28.5. The average molecular weight is 348 g/mol. The van der Waals surface area contributed by atoms with Crippen molar-refractivity contribution >= 4 is 52.2 Å². The van der Waals surface area contributed by atoms with E-state index in [1.54, 1.807) is 12.1 Å². The summed E-state index contributed by atoms with van der Waals surface area (Å²) in [5.41, 5.74) is 2.01. The molecule has 1 aliphatic carbocycles. The molecule has 0 saturated carbocycles. The Kier molecular flexibility index (Phi) is 4.61. The molecule has 7 heteroatoms. The van der Waals surface area contributed by atoms with Gasteiger partial charge in [0, 0.05) is 34.9 Å². The highest BCUT2D eigenvalue weighted by molar-refractivity contribution is 6.52. The SMILES string of the molecule is Cc1cc(NC(=O)C2=C(Cl)CC(Cl)(Cl)CC2=O)cc(C)n1. The molecule has 1 aliphatic rings. The van der Waals surface area contributed by atoms with Crippen LogP contribution in [-0.4, -0.2) is 21.0 Å². The molecule has 2 rings (SSSR count). The number of ketones is 1. The Morgan fingerprint density at radius 3 is 2.33 bits per heavy atom. The van der Waals surface area contributed by atoms with Gasteiger partial charge in [0.25, 0.3) is 5.91 Å². The van der Waals surface area contributed by atoms with E-state index >= 15 is 0 Å². The number of aromatic nitrogens is 1. The number of Topliss-reactive ketones (excluding diaryl/α,β-unsaturated/α-hetero) is 1. The summed E-state index contributed by atoms with van der Waals surface area (Å²) in [6, 6.07) is 3.42. The number of carbonyl (C=O) groups excluding carboxylic acids is 2. The molecule has 112 valence electrons. The lowest BCUT2D eigenvalue weighted by atomic mass is 9.96. The van der Waals surface area contributed by atoms with Crippen LogP contribution < -0.4 is 5.32 Å². The van der Waals surface area contributed by atoms with Gasteiger partial charge in [0.2, 0.25) is 0 Å². The standard InChI is InChI=1S/C14H13Cl3N2O2/c1-7-3-9(4-8(2)18-7)19-13(21)12-10(15)5-14(16,17)6-11(12)20/h3-4H,5-6H2,1-2H3,(H,18,19,21). The molecule has 21 heavy (non-hydrogen) atoms. The van der Waals surface area contributed by atoms with E-state index in [0.717, 1.165) is 11.4 Å². The van der Waals surface area contributed by atoms with Crippen molar-refractivity contribution in [3.63, 3.8) is 0 Å². The lowest BCUT2D eigenvalue weighted by molar-refractivity contribution is -0.120. The lowest BCUT2D eigenvalue weighted by Gasteiger charge is -2.25. The zero-order valence-corrected chi connectivity index (χ0v) is 13.7. The summed E-state index contributed by atoms with van der Waals surface area (Å²) < 4.78 is -1.25. The minimum absolute atomic E-state index is 0.0700. The second-order valence-corrected chi connectivity index (χ2v) is 7.10. The largest absolute Gasteiger partial charge is 0.322 e. The first-order chi connectivity index (χ1) is 9.68. The Hall–Kier alpha value is -1.10. The van der Waals surface area contributed by atoms with Gasteiger partial charge in [0.15, 0.2) is 5.78 Å². The zero-order chi connectivity index (χ0) is 15.8. The van der Waals surface area contributed by atoms with Crippen molar-refractivity contribution in [1.29, 1.82) is 0 Å². The monoisotopic (exact) mass is 346 g/mol. The van der Waals surface area contributed by atoms with Gasteiger partial charge in [-0.2, -0.15) is 0 Å². The molecule has 4 nitrogen and oxygen atoms in total. The maximum Gasteiger partial charge on any atom is 0.260 e. The zero-order valence-electron chi connectivity index (χ0n) is 11.5. The Bertz CT molecular complexity index is 633. The Balaban J connectivity index is 2.26. The number of halogens is 3. The van der Waals surface area contributed by atoms with Gasteiger partial charge in [0.05, 0.1) is 5.57 Å². The van der Waals surface area contributed by atoms with Gasteiger partial charge in [-0.1, -0.05) is 11.6 Å². The number of carbonyl (C=O) groups is 2. The van der Waals surface area contributed by atoms with Gasteiger partial charge >= 0.3 is 0 Å². The highest BCUT2D eigenvalue weighted by Crippen LogP contribution is 2.40. The van der Waals surface area contributed by atoms with Crippen LogP contribution in [0, 0.1) is 13.8 Å². The smallest absolute Gasteiger partial charge is 0.260 e. The molecule has 0 unspecified atom stereocenters. The van der Waals surface area contributed by atoms with Gasteiger partial charge in [0.1, 0.15) is 4.33 Å². The van der Waals surface area contributed by atoms with Crippen molar-refractivity contribution in [3.8, 4) is 0 Å². The Labute approximate surface area is 137 Å². The van der Waals surface area contributed by atoms with E-state index in [1.165, 1.54) is 0 Å². The van der Waals surface area contributed by atoms with E-state index in [9.17, 15) is 9.59 Å². The van der Waals surface area contributed by atoms with Crippen LogP contribution >= 0.6 is 34.8 Å². The van der Waals surface area contributed by atoms with Crippen molar-refractivity contribution in [1.82, 2.24) is 4.98 Å². The van der Waals surface area contributed by atoms with Crippen LogP contribution in [0.3, 0.4) is 0 Å². The molecule has 0 spiro atoms. The maximum atomic E-state index is 12.2. The van der Waals surface area contributed by atoms with Gasteiger partial charge in [-0.3, -0.25) is 14.6 Å². The molecule has 0 aromatic carbocycles. The van der Waals surface area contributed by atoms with Crippen LogP contribution in [0.2, 0.25) is 0 Å². The molecule has 0 radical (unpaired) electrons. The van der Waals surface area contributed by atoms with Crippen LogP contribution in [0.25, 0.3) is 0 Å². The maximum absolute atomic E-state index is 12.2.